The Morgan fingerprint density at radius 1 is 1.59 bits per heavy atom. The van der Waals surface area contributed by atoms with Crippen LogP contribution in [0.3, 0.4) is 0 Å². The lowest BCUT2D eigenvalue weighted by Gasteiger charge is -2.17. The van der Waals surface area contributed by atoms with Crippen molar-refractivity contribution >= 4 is 0 Å². The fraction of sp³-hybridized carbons (Fsp3) is 0.286. The van der Waals surface area contributed by atoms with Gasteiger partial charge in [0.05, 0.1) is 5.56 Å². The predicted molar refractivity (Wildman–Crippen MR) is 74.4 cm³/mol. The van der Waals surface area contributed by atoms with Gasteiger partial charge in [-0.15, -0.1) is 0 Å². The van der Waals surface area contributed by atoms with Gasteiger partial charge in [0.1, 0.15) is 35.7 Å². The summed E-state index contributed by atoms with van der Waals surface area (Å²) in [6, 6.07) is 6.08. The highest BCUT2D eigenvalue weighted by molar-refractivity contribution is 5.46. The Morgan fingerprint density at radius 3 is 3.05 bits per heavy atom. The average molecular weight is 301 g/mol. The smallest absolute Gasteiger partial charge is 0.144 e. The van der Waals surface area contributed by atoms with Crippen molar-refractivity contribution < 1.29 is 13.7 Å². The van der Waals surface area contributed by atoms with E-state index in [0.29, 0.717) is 17.7 Å². The van der Waals surface area contributed by atoms with Crippen LogP contribution >= 0.6 is 0 Å². The highest BCUT2D eigenvalue weighted by Crippen LogP contribution is 2.29. The van der Waals surface area contributed by atoms with Gasteiger partial charge < -0.3 is 9.26 Å². The van der Waals surface area contributed by atoms with E-state index in [0.717, 1.165) is 6.07 Å². The fourth-order valence-corrected chi connectivity index (χ4v) is 1.87. The third-order valence-corrected chi connectivity index (χ3v) is 2.99. The molecule has 0 aliphatic rings. The number of aromatic nitrogens is 1. The summed E-state index contributed by atoms with van der Waals surface area (Å²) in [5.41, 5.74) is 9.29. The van der Waals surface area contributed by atoms with E-state index in [2.05, 4.69) is 15.2 Å². The largest absolute Gasteiger partial charge is 0.483 e. The molecule has 22 heavy (non-hydrogen) atoms. The van der Waals surface area contributed by atoms with E-state index in [1.54, 1.807) is 13.0 Å². The van der Waals surface area contributed by atoms with Crippen LogP contribution < -0.4 is 4.74 Å². The molecule has 0 bridgehead atoms. The summed E-state index contributed by atoms with van der Waals surface area (Å²) in [6.07, 6.45) is 1.17. The third-order valence-electron chi connectivity index (χ3n) is 2.99. The molecule has 0 fully saturated rings. The molecule has 0 aliphatic carbocycles. The number of hydrogen-bond donors (Lipinski definition) is 0. The molecule has 2 rings (SSSR count). The summed E-state index contributed by atoms with van der Waals surface area (Å²) in [5, 5.41) is 16.3. The summed E-state index contributed by atoms with van der Waals surface area (Å²) in [6.45, 7) is 1.77. The van der Waals surface area contributed by atoms with E-state index in [4.69, 9.17) is 20.1 Å². The summed E-state index contributed by atoms with van der Waals surface area (Å²) < 4.78 is 24.1. The Bertz CT molecular complexity index is 732. The van der Waals surface area contributed by atoms with Gasteiger partial charge >= 0.3 is 0 Å². The SMILES string of the molecule is Cc1cc(O[C@H](CCN=[N+]=[N-])c2ccon2)c(C#N)cc1F. The lowest BCUT2D eigenvalue weighted by molar-refractivity contribution is 0.186. The molecule has 1 aromatic carbocycles. The molecule has 0 unspecified atom stereocenters. The predicted octanol–water partition coefficient (Wildman–Crippen LogP) is 3.81. The number of halogens is 1. The lowest BCUT2D eigenvalue weighted by Crippen LogP contribution is -2.10. The minimum absolute atomic E-state index is 0.0837. The molecule has 0 radical (unpaired) electrons. The standard InChI is InChI=1S/C14H12FN5O2/c1-9-6-14(10(8-16)7-11(9)15)22-13(2-4-18-20-17)12-3-5-21-19-12/h3,5-7,13H,2,4H2,1H3/t13-/m1/s1. The highest BCUT2D eigenvalue weighted by Gasteiger charge is 2.19. The van der Waals surface area contributed by atoms with Crippen LogP contribution in [0.5, 0.6) is 5.75 Å². The maximum Gasteiger partial charge on any atom is 0.144 e. The molecule has 0 saturated heterocycles. The molecule has 0 aliphatic heterocycles. The maximum atomic E-state index is 13.5. The van der Waals surface area contributed by atoms with E-state index in [1.165, 1.54) is 12.3 Å². The molecule has 1 atom stereocenters. The van der Waals surface area contributed by atoms with Gasteiger partial charge in [0.2, 0.25) is 0 Å². The van der Waals surface area contributed by atoms with Crippen LogP contribution in [0.2, 0.25) is 0 Å². The first-order valence-corrected chi connectivity index (χ1v) is 6.43. The van der Waals surface area contributed by atoms with Crippen molar-refractivity contribution in [2.24, 2.45) is 5.11 Å². The van der Waals surface area contributed by atoms with Gasteiger partial charge in [0, 0.05) is 17.5 Å². The molecular formula is C14H12FN5O2. The van der Waals surface area contributed by atoms with E-state index in [-0.39, 0.29) is 17.9 Å². The minimum Gasteiger partial charge on any atom is -0.483 e. The molecule has 1 heterocycles. The molecule has 8 heteroatoms. The second kappa shape index (κ2) is 7.11. The Balaban J connectivity index is 2.29. The van der Waals surface area contributed by atoms with Crippen LogP contribution in [0.25, 0.3) is 10.4 Å². The second-order valence-electron chi connectivity index (χ2n) is 4.48. The average Bonchev–Trinajstić information content (AvgIpc) is 3.04. The van der Waals surface area contributed by atoms with E-state index < -0.39 is 11.9 Å². The van der Waals surface area contributed by atoms with Crippen LogP contribution in [0.4, 0.5) is 4.39 Å². The first-order chi connectivity index (χ1) is 10.7. The van der Waals surface area contributed by atoms with E-state index in [1.807, 2.05) is 6.07 Å². The topological polar surface area (TPSA) is 108 Å². The normalized spacial score (nSPS) is 11.3. The van der Waals surface area contributed by atoms with Gasteiger partial charge in [0.25, 0.3) is 0 Å². The van der Waals surface area contributed by atoms with Crippen molar-refractivity contribution in [1.82, 2.24) is 5.16 Å². The Hall–Kier alpha value is -3.04. The third kappa shape index (κ3) is 3.53. The quantitative estimate of drug-likeness (QED) is 0.459. The van der Waals surface area contributed by atoms with Gasteiger partial charge in [-0.3, -0.25) is 0 Å². The van der Waals surface area contributed by atoms with E-state index in [9.17, 15) is 4.39 Å². The van der Waals surface area contributed by atoms with Crippen molar-refractivity contribution in [3.63, 3.8) is 0 Å². The zero-order valence-electron chi connectivity index (χ0n) is 11.7. The molecule has 112 valence electrons. The number of azide groups is 1. The molecule has 0 N–H and O–H groups in total. The highest BCUT2D eigenvalue weighted by atomic mass is 19.1. The maximum absolute atomic E-state index is 13.5. The molecule has 0 spiro atoms. The number of rotatable bonds is 6. The zero-order chi connectivity index (χ0) is 15.9. The van der Waals surface area contributed by atoms with Crippen molar-refractivity contribution in [1.29, 1.82) is 5.26 Å². The first kappa shape index (κ1) is 15.4. The molecular weight excluding hydrogens is 289 g/mol. The number of ether oxygens (including phenoxy) is 1. The van der Waals surface area contributed by atoms with Crippen molar-refractivity contribution in [3.05, 3.63) is 57.5 Å². The van der Waals surface area contributed by atoms with Crippen molar-refractivity contribution in [2.45, 2.75) is 19.4 Å². The zero-order valence-corrected chi connectivity index (χ0v) is 11.7. The van der Waals surface area contributed by atoms with Crippen molar-refractivity contribution in [3.8, 4) is 11.8 Å². The Labute approximate surface area is 125 Å². The van der Waals surface area contributed by atoms with Crippen LogP contribution in [0.1, 0.15) is 29.3 Å². The van der Waals surface area contributed by atoms with E-state index >= 15 is 0 Å². The molecule has 7 nitrogen and oxygen atoms in total. The molecule has 2 aromatic rings. The van der Waals surface area contributed by atoms with Gasteiger partial charge in [-0.1, -0.05) is 10.3 Å². The number of nitrogens with zero attached hydrogens (tertiary/aromatic N) is 5. The Kier molecular flexibility index (Phi) is 4.96. The summed E-state index contributed by atoms with van der Waals surface area (Å²) >= 11 is 0. The molecule has 0 saturated carbocycles. The summed E-state index contributed by atoms with van der Waals surface area (Å²) in [7, 11) is 0. The second-order valence-corrected chi connectivity index (χ2v) is 4.48. The summed E-state index contributed by atoms with van der Waals surface area (Å²) in [4.78, 5) is 2.68. The summed E-state index contributed by atoms with van der Waals surface area (Å²) in [5.74, 6) is -0.230. The van der Waals surface area contributed by atoms with Crippen molar-refractivity contribution in [2.75, 3.05) is 6.54 Å². The number of hydrogen-bond acceptors (Lipinski definition) is 5. The minimum atomic E-state index is -0.568. The number of nitriles is 1. The van der Waals surface area contributed by atoms with Gasteiger partial charge in [-0.2, -0.15) is 5.26 Å². The molecule has 0 amide bonds. The van der Waals surface area contributed by atoms with Crippen LogP contribution in [-0.4, -0.2) is 11.7 Å². The fourth-order valence-electron chi connectivity index (χ4n) is 1.87. The van der Waals surface area contributed by atoms with Gasteiger partial charge in [-0.05, 0) is 36.6 Å². The number of aryl methyl sites for hydroxylation is 1. The monoisotopic (exact) mass is 301 g/mol. The van der Waals surface area contributed by atoms with Crippen LogP contribution in [0, 0.1) is 24.1 Å². The van der Waals surface area contributed by atoms with Gasteiger partial charge in [-0.25, -0.2) is 4.39 Å². The Morgan fingerprint density at radius 2 is 2.41 bits per heavy atom. The lowest BCUT2D eigenvalue weighted by atomic mass is 10.1. The van der Waals surface area contributed by atoms with Crippen LogP contribution in [-0.2, 0) is 0 Å². The molecule has 1 aromatic heterocycles. The number of benzene rings is 1. The first-order valence-electron chi connectivity index (χ1n) is 6.43. The van der Waals surface area contributed by atoms with Gasteiger partial charge in [0.15, 0.2) is 0 Å². The van der Waals surface area contributed by atoms with Crippen LogP contribution in [0.15, 0.2) is 34.1 Å².